The molecule has 1 aromatic carbocycles. The van der Waals surface area contributed by atoms with Crippen LogP contribution < -0.4 is 9.64 Å². The fraction of sp³-hybridized carbons (Fsp3) is 0.632. The molecular weight excluding hydrogens is 288 g/mol. The standard InChI is InChI=1S/C19H28N2O2/c1-15-6-5-7-16(14-15)20-10-12-21(13-11-20)19(22)17-8-3-4-9-18(17)23-2/h3-4,8-9,15-16H,5-7,10-14H2,1-2H3/p+1/t15-,16-/m1/s1. The van der Waals surface area contributed by atoms with E-state index in [4.69, 9.17) is 4.74 Å². The van der Waals surface area contributed by atoms with Gasteiger partial charge in [0, 0.05) is 6.42 Å². The fourth-order valence-corrected chi connectivity index (χ4v) is 4.20. The summed E-state index contributed by atoms with van der Waals surface area (Å²) in [5, 5.41) is 0. The molecule has 4 heteroatoms. The number of methoxy groups -OCH3 is 1. The van der Waals surface area contributed by atoms with Crippen LogP contribution in [0.2, 0.25) is 0 Å². The second-order valence-electron chi connectivity index (χ2n) is 7.12. The van der Waals surface area contributed by atoms with Gasteiger partial charge in [0.2, 0.25) is 0 Å². The lowest BCUT2D eigenvalue weighted by Gasteiger charge is -2.39. The van der Waals surface area contributed by atoms with Gasteiger partial charge in [-0.3, -0.25) is 4.79 Å². The van der Waals surface area contributed by atoms with Crippen LogP contribution in [0.3, 0.4) is 0 Å². The Balaban J connectivity index is 1.59. The quantitative estimate of drug-likeness (QED) is 0.919. The number of nitrogens with one attached hydrogen (secondary N) is 1. The number of carbonyl (C=O) groups excluding carboxylic acids is 1. The Morgan fingerprint density at radius 2 is 1.96 bits per heavy atom. The van der Waals surface area contributed by atoms with Crippen LogP contribution in [0.4, 0.5) is 0 Å². The number of hydrogen-bond acceptors (Lipinski definition) is 2. The smallest absolute Gasteiger partial charge is 0.258 e. The van der Waals surface area contributed by atoms with Crippen LogP contribution in [0.1, 0.15) is 43.0 Å². The van der Waals surface area contributed by atoms with Gasteiger partial charge in [0.15, 0.2) is 0 Å². The molecule has 1 heterocycles. The van der Waals surface area contributed by atoms with Crippen molar-refractivity contribution < 1.29 is 14.4 Å². The predicted octanol–water partition coefficient (Wildman–Crippen LogP) is 1.61. The van der Waals surface area contributed by atoms with Gasteiger partial charge in [-0.15, -0.1) is 0 Å². The van der Waals surface area contributed by atoms with Gasteiger partial charge in [0.25, 0.3) is 5.91 Å². The minimum Gasteiger partial charge on any atom is -0.496 e. The van der Waals surface area contributed by atoms with Crippen molar-refractivity contribution in [3.63, 3.8) is 0 Å². The molecule has 0 radical (unpaired) electrons. The molecule has 3 rings (SSSR count). The summed E-state index contributed by atoms with van der Waals surface area (Å²) in [6.45, 7) is 6.26. The first kappa shape index (κ1) is 16.3. The van der Waals surface area contributed by atoms with E-state index in [0.717, 1.165) is 38.1 Å². The zero-order valence-corrected chi connectivity index (χ0v) is 14.4. The molecule has 1 amide bonds. The third kappa shape index (κ3) is 3.69. The SMILES string of the molecule is COc1ccccc1C(=O)N1CC[NH+]([C@@H]2CCC[C@@H](C)C2)CC1. The Hall–Kier alpha value is -1.55. The van der Waals surface area contributed by atoms with Gasteiger partial charge in [-0.25, -0.2) is 0 Å². The average molecular weight is 317 g/mol. The summed E-state index contributed by atoms with van der Waals surface area (Å²) in [6, 6.07) is 8.34. The van der Waals surface area contributed by atoms with E-state index < -0.39 is 0 Å². The maximum atomic E-state index is 12.8. The first-order chi connectivity index (χ1) is 11.2. The van der Waals surface area contributed by atoms with Crippen molar-refractivity contribution in [2.45, 2.75) is 38.6 Å². The number of quaternary nitrogens is 1. The largest absolute Gasteiger partial charge is 0.496 e. The Labute approximate surface area is 139 Å². The molecule has 1 aliphatic heterocycles. The van der Waals surface area contributed by atoms with Crippen LogP contribution in [-0.2, 0) is 0 Å². The molecule has 2 aliphatic rings. The molecule has 0 bridgehead atoms. The van der Waals surface area contributed by atoms with Gasteiger partial charge in [0.1, 0.15) is 5.75 Å². The van der Waals surface area contributed by atoms with Crippen molar-refractivity contribution in [2.24, 2.45) is 5.92 Å². The Morgan fingerprint density at radius 3 is 2.65 bits per heavy atom. The highest BCUT2D eigenvalue weighted by Gasteiger charge is 2.32. The highest BCUT2D eigenvalue weighted by molar-refractivity contribution is 5.97. The van der Waals surface area contributed by atoms with E-state index in [-0.39, 0.29) is 5.91 Å². The highest BCUT2D eigenvalue weighted by Crippen LogP contribution is 2.22. The van der Waals surface area contributed by atoms with Crippen LogP contribution >= 0.6 is 0 Å². The molecule has 1 aromatic rings. The molecule has 1 aliphatic carbocycles. The second kappa shape index (κ2) is 7.35. The molecule has 1 saturated carbocycles. The molecular formula is C19H29N2O2+. The number of amides is 1. The third-order valence-electron chi connectivity index (χ3n) is 5.54. The molecule has 0 spiro atoms. The van der Waals surface area contributed by atoms with Gasteiger partial charge in [0.05, 0.1) is 44.9 Å². The van der Waals surface area contributed by atoms with E-state index in [1.165, 1.54) is 25.7 Å². The summed E-state index contributed by atoms with van der Waals surface area (Å²) < 4.78 is 5.33. The minimum atomic E-state index is 0.110. The summed E-state index contributed by atoms with van der Waals surface area (Å²) in [7, 11) is 1.62. The maximum absolute atomic E-state index is 12.8. The van der Waals surface area contributed by atoms with E-state index in [1.54, 1.807) is 12.0 Å². The Kier molecular flexibility index (Phi) is 5.21. The van der Waals surface area contributed by atoms with Crippen molar-refractivity contribution in [3.05, 3.63) is 29.8 Å². The number of benzene rings is 1. The van der Waals surface area contributed by atoms with Crippen LogP contribution in [0.15, 0.2) is 24.3 Å². The molecule has 0 unspecified atom stereocenters. The highest BCUT2D eigenvalue weighted by atomic mass is 16.5. The van der Waals surface area contributed by atoms with E-state index >= 15 is 0 Å². The lowest BCUT2D eigenvalue weighted by molar-refractivity contribution is -0.930. The summed E-state index contributed by atoms with van der Waals surface area (Å²) in [6.07, 6.45) is 5.48. The number of nitrogens with zero attached hydrogens (tertiary/aromatic N) is 1. The van der Waals surface area contributed by atoms with Gasteiger partial charge in [-0.2, -0.15) is 0 Å². The summed E-state index contributed by atoms with van der Waals surface area (Å²) in [5.41, 5.74) is 0.685. The van der Waals surface area contributed by atoms with Crippen molar-refractivity contribution >= 4 is 5.91 Å². The molecule has 2 fully saturated rings. The second-order valence-corrected chi connectivity index (χ2v) is 7.12. The topological polar surface area (TPSA) is 34.0 Å². The lowest BCUT2D eigenvalue weighted by atomic mass is 9.86. The van der Waals surface area contributed by atoms with Gasteiger partial charge >= 0.3 is 0 Å². The van der Waals surface area contributed by atoms with Crippen LogP contribution in [0.5, 0.6) is 5.75 Å². The first-order valence-corrected chi connectivity index (χ1v) is 8.96. The number of hydrogen-bond donors (Lipinski definition) is 1. The van der Waals surface area contributed by atoms with E-state index in [9.17, 15) is 4.79 Å². The number of carbonyl (C=O) groups is 1. The van der Waals surface area contributed by atoms with Crippen molar-refractivity contribution in [3.8, 4) is 5.75 Å². The van der Waals surface area contributed by atoms with Gasteiger partial charge < -0.3 is 14.5 Å². The van der Waals surface area contributed by atoms with Crippen molar-refractivity contribution in [1.29, 1.82) is 0 Å². The summed E-state index contributed by atoms with van der Waals surface area (Å²) in [5.74, 6) is 1.65. The zero-order chi connectivity index (χ0) is 16.2. The molecule has 1 saturated heterocycles. The zero-order valence-electron chi connectivity index (χ0n) is 14.4. The number of rotatable bonds is 3. The average Bonchev–Trinajstić information content (AvgIpc) is 2.61. The minimum absolute atomic E-state index is 0.110. The fourth-order valence-electron chi connectivity index (χ4n) is 4.20. The lowest BCUT2D eigenvalue weighted by Crippen LogP contribution is -3.18. The van der Waals surface area contributed by atoms with Crippen molar-refractivity contribution in [2.75, 3.05) is 33.3 Å². The molecule has 23 heavy (non-hydrogen) atoms. The first-order valence-electron chi connectivity index (χ1n) is 8.96. The molecule has 2 atom stereocenters. The normalized spacial score (nSPS) is 26.1. The molecule has 1 N–H and O–H groups in total. The monoisotopic (exact) mass is 317 g/mol. The van der Waals surface area contributed by atoms with Crippen molar-refractivity contribution in [1.82, 2.24) is 4.90 Å². The van der Waals surface area contributed by atoms with Crippen LogP contribution in [-0.4, -0.2) is 50.1 Å². The third-order valence-corrected chi connectivity index (χ3v) is 5.54. The summed E-state index contributed by atoms with van der Waals surface area (Å²) in [4.78, 5) is 16.5. The van der Waals surface area contributed by atoms with Crippen LogP contribution in [0, 0.1) is 5.92 Å². The Morgan fingerprint density at radius 1 is 1.22 bits per heavy atom. The summed E-state index contributed by atoms with van der Waals surface area (Å²) >= 11 is 0. The van der Waals surface area contributed by atoms with E-state index in [2.05, 4.69) is 6.92 Å². The van der Waals surface area contributed by atoms with E-state index in [1.807, 2.05) is 29.2 Å². The molecule has 126 valence electrons. The predicted molar refractivity (Wildman–Crippen MR) is 91.0 cm³/mol. The Bertz CT molecular complexity index is 538. The number of para-hydroxylation sites is 1. The van der Waals surface area contributed by atoms with Crippen LogP contribution in [0.25, 0.3) is 0 Å². The number of piperazine rings is 1. The molecule has 4 nitrogen and oxygen atoms in total. The van der Waals surface area contributed by atoms with E-state index in [0.29, 0.717) is 11.3 Å². The van der Waals surface area contributed by atoms with Gasteiger partial charge in [-0.1, -0.05) is 25.5 Å². The van der Waals surface area contributed by atoms with Gasteiger partial charge in [-0.05, 0) is 30.9 Å². The number of ether oxygens (including phenoxy) is 1. The molecule has 0 aromatic heterocycles. The maximum Gasteiger partial charge on any atom is 0.258 e.